The van der Waals surface area contributed by atoms with Gasteiger partial charge in [0.25, 0.3) is 10.5 Å². The molecular weight excluding hydrogens is 484 g/mol. The number of nitrogens with one attached hydrogen (secondary N) is 2. The van der Waals surface area contributed by atoms with Gasteiger partial charge in [-0.15, -0.1) is 0 Å². The lowest BCUT2D eigenvalue weighted by Gasteiger charge is -2.15. The molecule has 0 aromatic heterocycles. The Bertz CT molecular complexity index is 1060. The molecular formula is C22H24N2O8S2. The normalized spacial score (nSPS) is 10.3. The molecule has 2 amide bonds. The number of ether oxygens (including phenoxy) is 2. The fraction of sp³-hybridized carbons (Fsp3) is 0.273. The Hall–Kier alpha value is -3.38. The number of thioether (sulfide) groups is 2. The van der Waals surface area contributed by atoms with E-state index in [1.54, 1.807) is 36.4 Å². The number of rotatable bonds is 11. The van der Waals surface area contributed by atoms with Gasteiger partial charge in [-0.25, -0.2) is 0 Å². The van der Waals surface area contributed by atoms with Gasteiger partial charge in [0.15, 0.2) is 0 Å². The van der Waals surface area contributed by atoms with Crippen LogP contribution in [-0.4, -0.2) is 58.4 Å². The fourth-order valence-electron chi connectivity index (χ4n) is 2.73. The summed E-state index contributed by atoms with van der Waals surface area (Å²) in [5, 5.41) is 21.9. The molecule has 0 fully saturated rings. The number of carboxylic acids is 2. The zero-order chi connectivity index (χ0) is 25.1. The van der Waals surface area contributed by atoms with E-state index in [-0.39, 0.29) is 29.6 Å². The Morgan fingerprint density at radius 3 is 1.94 bits per heavy atom. The summed E-state index contributed by atoms with van der Waals surface area (Å²) in [6.07, 6.45) is -0.231. The molecule has 0 spiro atoms. The molecule has 0 unspecified atom stereocenters. The van der Waals surface area contributed by atoms with Gasteiger partial charge in [-0.1, -0.05) is 29.6 Å². The van der Waals surface area contributed by atoms with Gasteiger partial charge in [0.2, 0.25) is 0 Å². The molecule has 10 nitrogen and oxygen atoms in total. The van der Waals surface area contributed by atoms with Crippen molar-refractivity contribution < 1.29 is 38.9 Å². The summed E-state index contributed by atoms with van der Waals surface area (Å²) in [6, 6.07) is 10.2. The van der Waals surface area contributed by atoms with E-state index in [9.17, 15) is 19.2 Å². The van der Waals surface area contributed by atoms with E-state index >= 15 is 0 Å². The number of carboxylic acid groups (broad SMARTS) is 2. The van der Waals surface area contributed by atoms with Crippen LogP contribution in [0.2, 0.25) is 0 Å². The van der Waals surface area contributed by atoms with Crippen LogP contribution < -0.4 is 20.1 Å². The van der Waals surface area contributed by atoms with Crippen LogP contribution >= 0.6 is 23.5 Å². The highest BCUT2D eigenvalue weighted by Gasteiger charge is 2.14. The number of carbonyl (C=O) groups is 4. The molecule has 182 valence electrons. The van der Waals surface area contributed by atoms with Crippen molar-refractivity contribution >= 4 is 57.3 Å². The molecule has 4 N–H and O–H groups in total. The zero-order valence-corrected chi connectivity index (χ0v) is 20.1. The summed E-state index contributed by atoms with van der Waals surface area (Å²) < 4.78 is 10.9. The first-order valence-electron chi connectivity index (χ1n) is 9.91. The Labute approximate surface area is 204 Å². The van der Waals surface area contributed by atoms with E-state index in [2.05, 4.69) is 10.6 Å². The maximum Gasteiger partial charge on any atom is 0.304 e. The van der Waals surface area contributed by atoms with Crippen LogP contribution in [0.25, 0.3) is 11.1 Å². The Morgan fingerprint density at radius 1 is 0.794 bits per heavy atom. The fourth-order valence-corrected chi connectivity index (χ4v) is 4.03. The quantitative estimate of drug-likeness (QED) is 0.331. The lowest BCUT2D eigenvalue weighted by Crippen LogP contribution is -2.08. The van der Waals surface area contributed by atoms with Crippen LogP contribution in [0, 0.1) is 0 Å². The summed E-state index contributed by atoms with van der Waals surface area (Å²) in [5.74, 6) is -0.741. The third kappa shape index (κ3) is 8.52. The van der Waals surface area contributed by atoms with Crippen molar-refractivity contribution in [2.45, 2.75) is 12.8 Å². The average molecular weight is 509 g/mol. The first-order valence-corrected chi connectivity index (χ1v) is 11.9. The number of methoxy groups -OCH3 is 2. The molecule has 34 heavy (non-hydrogen) atoms. The van der Waals surface area contributed by atoms with Gasteiger partial charge in [-0.2, -0.15) is 0 Å². The molecule has 0 atom stereocenters. The SMILES string of the molecule is COc1cc(-c2ccc(NC(=O)SCCC(=O)O)cc2OC)ccc1NC(=O)SCCC(=O)O. The number of benzene rings is 2. The maximum atomic E-state index is 12.1. The molecule has 0 bridgehead atoms. The smallest absolute Gasteiger partial charge is 0.304 e. The highest BCUT2D eigenvalue weighted by Crippen LogP contribution is 2.37. The van der Waals surface area contributed by atoms with Crippen molar-refractivity contribution in [1.29, 1.82) is 0 Å². The lowest BCUT2D eigenvalue weighted by molar-refractivity contribution is -0.137. The summed E-state index contributed by atoms with van der Waals surface area (Å²) in [5.41, 5.74) is 2.37. The number of carbonyl (C=O) groups excluding carboxylic acids is 2. The second-order valence-electron chi connectivity index (χ2n) is 6.64. The Morgan fingerprint density at radius 2 is 1.38 bits per heavy atom. The predicted octanol–water partition coefficient (Wildman–Crippen LogP) is 4.85. The zero-order valence-electron chi connectivity index (χ0n) is 18.5. The van der Waals surface area contributed by atoms with Crippen LogP contribution in [0.1, 0.15) is 12.8 Å². The van der Waals surface area contributed by atoms with Gasteiger partial charge >= 0.3 is 11.9 Å². The first kappa shape index (κ1) is 26.9. The minimum Gasteiger partial charge on any atom is -0.496 e. The molecule has 0 aliphatic carbocycles. The third-order valence-corrected chi connectivity index (χ3v) is 5.84. The molecule has 0 heterocycles. The van der Waals surface area contributed by atoms with E-state index in [1.807, 2.05) is 0 Å². The second kappa shape index (κ2) is 13.4. The summed E-state index contributed by atoms with van der Waals surface area (Å²) in [4.78, 5) is 45.2. The van der Waals surface area contributed by atoms with Crippen molar-refractivity contribution in [3.8, 4) is 22.6 Å². The number of hydrogen-bond acceptors (Lipinski definition) is 8. The first-order chi connectivity index (χ1) is 16.2. The van der Waals surface area contributed by atoms with E-state index in [0.717, 1.165) is 29.1 Å². The second-order valence-corrected chi connectivity index (χ2v) is 8.77. The largest absolute Gasteiger partial charge is 0.496 e. The molecule has 2 rings (SSSR count). The average Bonchev–Trinajstić information content (AvgIpc) is 2.78. The molecule has 0 aliphatic rings. The standard InChI is InChI=1S/C22H24N2O8S2/c1-31-17-12-14(23-21(29)33-9-7-19(25)26)4-5-15(17)13-3-6-16(18(11-13)32-2)24-22(30)34-10-8-20(27)28/h3-6,11-12H,7-10H2,1-2H3,(H,23,29)(H,24,30)(H,25,26)(H,27,28). The van der Waals surface area contributed by atoms with Crippen LogP contribution in [0.3, 0.4) is 0 Å². The molecule has 12 heteroatoms. The molecule has 0 aliphatic heterocycles. The van der Waals surface area contributed by atoms with Crippen LogP contribution in [0.4, 0.5) is 21.0 Å². The molecule has 2 aromatic rings. The van der Waals surface area contributed by atoms with Gasteiger partial charge in [0.1, 0.15) is 11.5 Å². The lowest BCUT2D eigenvalue weighted by atomic mass is 10.0. The Balaban J connectivity index is 2.13. The number of aliphatic carboxylic acids is 2. The number of anilines is 2. The van der Waals surface area contributed by atoms with Gasteiger partial charge in [-0.05, 0) is 29.8 Å². The molecule has 0 radical (unpaired) electrons. The number of hydrogen-bond donors (Lipinski definition) is 4. The minimum absolute atomic E-state index is 0.111. The van der Waals surface area contributed by atoms with Gasteiger partial charge < -0.3 is 30.3 Å². The van der Waals surface area contributed by atoms with Crippen molar-refractivity contribution in [2.24, 2.45) is 0 Å². The maximum absolute atomic E-state index is 12.1. The van der Waals surface area contributed by atoms with Crippen LogP contribution in [0.5, 0.6) is 11.5 Å². The molecule has 0 saturated carbocycles. The van der Waals surface area contributed by atoms with Gasteiger partial charge in [0.05, 0.1) is 32.7 Å². The van der Waals surface area contributed by atoms with E-state index in [0.29, 0.717) is 28.4 Å². The third-order valence-electron chi connectivity index (χ3n) is 4.30. The van der Waals surface area contributed by atoms with Crippen molar-refractivity contribution in [3.63, 3.8) is 0 Å². The van der Waals surface area contributed by atoms with E-state index < -0.39 is 17.2 Å². The van der Waals surface area contributed by atoms with E-state index in [4.69, 9.17) is 19.7 Å². The van der Waals surface area contributed by atoms with Gasteiger partial charge in [0, 0.05) is 28.8 Å². The van der Waals surface area contributed by atoms with Gasteiger partial charge in [-0.3, -0.25) is 19.2 Å². The summed E-state index contributed by atoms with van der Waals surface area (Å²) >= 11 is 1.74. The minimum atomic E-state index is -0.973. The number of amides is 2. The van der Waals surface area contributed by atoms with E-state index in [1.165, 1.54) is 14.2 Å². The van der Waals surface area contributed by atoms with Crippen molar-refractivity contribution in [1.82, 2.24) is 0 Å². The predicted molar refractivity (Wildman–Crippen MR) is 132 cm³/mol. The van der Waals surface area contributed by atoms with Crippen molar-refractivity contribution in [3.05, 3.63) is 36.4 Å². The summed E-state index contributed by atoms with van der Waals surface area (Å²) in [7, 11) is 2.95. The van der Waals surface area contributed by atoms with Crippen molar-refractivity contribution in [2.75, 3.05) is 36.4 Å². The Kier molecular flexibility index (Phi) is 10.6. The topological polar surface area (TPSA) is 151 Å². The molecule has 2 aromatic carbocycles. The van der Waals surface area contributed by atoms with Crippen LogP contribution in [0.15, 0.2) is 36.4 Å². The summed E-state index contributed by atoms with van der Waals surface area (Å²) in [6.45, 7) is 0. The highest BCUT2D eigenvalue weighted by atomic mass is 32.2. The van der Waals surface area contributed by atoms with Crippen LogP contribution in [-0.2, 0) is 9.59 Å². The highest BCUT2D eigenvalue weighted by molar-refractivity contribution is 8.14. The molecule has 0 saturated heterocycles. The monoisotopic (exact) mass is 508 g/mol.